The van der Waals surface area contributed by atoms with Crippen molar-refractivity contribution in [3.8, 4) is 0 Å². The molecule has 2 rings (SSSR count). The van der Waals surface area contributed by atoms with Crippen LogP contribution in [0.15, 0.2) is 0 Å². The zero-order valence-electron chi connectivity index (χ0n) is 13.7. The van der Waals surface area contributed by atoms with Crippen molar-refractivity contribution >= 4 is 11.6 Å². The van der Waals surface area contributed by atoms with Gasteiger partial charge in [-0.2, -0.15) is 0 Å². The van der Waals surface area contributed by atoms with Crippen LogP contribution < -0.4 is 11.1 Å². The minimum absolute atomic E-state index is 0.0938. The van der Waals surface area contributed by atoms with E-state index in [1.165, 1.54) is 19.3 Å². The first kappa shape index (κ1) is 15.1. The second-order valence-electron chi connectivity index (χ2n) is 7.73. The SMILES string of the molecule is Cc1c(N)nc(C(C)(C)C)nc1NC1CCCC1(C)C. The van der Waals surface area contributed by atoms with Gasteiger partial charge < -0.3 is 11.1 Å². The second kappa shape index (κ2) is 4.90. The molecule has 1 aliphatic rings. The lowest BCUT2D eigenvalue weighted by Crippen LogP contribution is -2.32. The van der Waals surface area contributed by atoms with E-state index >= 15 is 0 Å². The molecule has 0 aliphatic heterocycles. The van der Waals surface area contributed by atoms with Gasteiger partial charge in [0.25, 0.3) is 0 Å². The average Bonchev–Trinajstić information content (AvgIpc) is 2.63. The van der Waals surface area contributed by atoms with Gasteiger partial charge in [0.1, 0.15) is 17.5 Å². The van der Waals surface area contributed by atoms with Crippen molar-refractivity contribution in [3.63, 3.8) is 0 Å². The van der Waals surface area contributed by atoms with E-state index in [2.05, 4.69) is 44.9 Å². The average molecular weight is 276 g/mol. The van der Waals surface area contributed by atoms with Crippen molar-refractivity contribution in [1.29, 1.82) is 0 Å². The Morgan fingerprint density at radius 1 is 1.25 bits per heavy atom. The lowest BCUT2D eigenvalue weighted by molar-refractivity contribution is 0.349. The first-order chi connectivity index (χ1) is 9.11. The fraction of sp³-hybridized carbons (Fsp3) is 0.750. The lowest BCUT2D eigenvalue weighted by atomic mass is 9.87. The number of nitrogens with zero attached hydrogens (tertiary/aromatic N) is 2. The molecule has 4 heteroatoms. The number of rotatable bonds is 2. The summed E-state index contributed by atoms with van der Waals surface area (Å²) in [5.74, 6) is 2.30. The van der Waals surface area contributed by atoms with Gasteiger partial charge in [0.15, 0.2) is 0 Å². The molecule has 0 radical (unpaired) electrons. The maximum atomic E-state index is 6.07. The second-order valence-corrected chi connectivity index (χ2v) is 7.73. The van der Waals surface area contributed by atoms with E-state index < -0.39 is 0 Å². The van der Waals surface area contributed by atoms with E-state index in [1.807, 2.05) is 6.92 Å². The Bertz CT molecular complexity index is 500. The standard InChI is InChI=1S/C16H28N4/c1-10-12(17)19-14(15(2,3)4)20-13(10)18-11-8-7-9-16(11,5)6/h11H,7-9H2,1-6H3,(H3,17,18,19,20). The molecule has 3 N–H and O–H groups in total. The minimum atomic E-state index is -0.0938. The van der Waals surface area contributed by atoms with Gasteiger partial charge in [-0.3, -0.25) is 0 Å². The van der Waals surface area contributed by atoms with Gasteiger partial charge >= 0.3 is 0 Å². The predicted molar refractivity (Wildman–Crippen MR) is 84.9 cm³/mol. The number of hydrogen-bond donors (Lipinski definition) is 2. The summed E-state index contributed by atoms with van der Waals surface area (Å²) < 4.78 is 0. The Labute approximate surface area is 122 Å². The smallest absolute Gasteiger partial charge is 0.138 e. The predicted octanol–water partition coefficient (Wildman–Crippen LogP) is 3.66. The Balaban J connectivity index is 2.34. The maximum absolute atomic E-state index is 6.07. The topological polar surface area (TPSA) is 63.8 Å². The molecule has 20 heavy (non-hydrogen) atoms. The summed E-state index contributed by atoms with van der Waals surface area (Å²) in [6.07, 6.45) is 3.73. The van der Waals surface area contributed by atoms with Gasteiger partial charge in [-0.15, -0.1) is 0 Å². The molecule has 0 bridgehead atoms. The highest BCUT2D eigenvalue weighted by Crippen LogP contribution is 2.39. The quantitative estimate of drug-likeness (QED) is 0.865. The van der Waals surface area contributed by atoms with Crippen LogP contribution in [-0.4, -0.2) is 16.0 Å². The third-order valence-corrected chi connectivity index (χ3v) is 4.42. The van der Waals surface area contributed by atoms with Crippen molar-refractivity contribution in [2.24, 2.45) is 5.41 Å². The van der Waals surface area contributed by atoms with Crippen LogP contribution in [0, 0.1) is 12.3 Å². The van der Waals surface area contributed by atoms with Crippen LogP contribution >= 0.6 is 0 Å². The monoisotopic (exact) mass is 276 g/mol. The normalized spacial score (nSPS) is 22.0. The number of hydrogen-bond acceptors (Lipinski definition) is 4. The molecule has 1 atom stereocenters. The summed E-state index contributed by atoms with van der Waals surface area (Å²) in [5, 5.41) is 3.62. The van der Waals surface area contributed by atoms with Gasteiger partial charge in [-0.1, -0.05) is 41.0 Å². The molecular formula is C16H28N4. The van der Waals surface area contributed by atoms with Crippen molar-refractivity contribution in [2.45, 2.75) is 72.3 Å². The third-order valence-electron chi connectivity index (χ3n) is 4.42. The fourth-order valence-corrected chi connectivity index (χ4v) is 2.77. The van der Waals surface area contributed by atoms with Gasteiger partial charge in [-0.05, 0) is 25.2 Å². The highest BCUT2D eigenvalue weighted by molar-refractivity contribution is 5.56. The van der Waals surface area contributed by atoms with Crippen molar-refractivity contribution < 1.29 is 0 Å². The largest absolute Gasteiger partial charge is 0.383 e. The molecule has 1 unspecified atom stereocenters. The van der Waals surface area contributed by atoms with Crippen LogP contribution in [0.5, 0.6) is 0 Å². The lowest BCUT2D eigenvalue weighted by Gasteiger charge is -2.29. The highest BCUT2D eigenvalue weighted by atomic mass is 15.1. The van der Waals surface area contributed by atoms with Gasteiger partial charge in [0, 0.05) is 17.0 Å². The van der Waals surface area contributed by atoms with E-state index in [0.717, 1.165) is 17.2 Å². The highest BCUT2D eigenvalue weighted by Gasteiger charge is 2.35. The summed E-state index contributed by atoms with van der Waals surface area (Å²) in [7, 11) is 0. The Morgan fingerprint density at radius 3 is 2.40 bits per heavy atom. The number of anilines is 2. The molecule has 1 aromatic heterocycles. The number of nitrogen functional groups attached to an aromatic ring is 1. The molecule has 1 heterocycles. The Hall–Kier alpha value is -1.32. The zero-order valence-corrected chi connectivity index (χ0v) is 13.7. The van der Waals surface area contributed by atoms with Crippen molar-refractivity contribution in [2.75, 3.05) is 11.1 Å². The number of nitrogens with one attached hydrogen (secondary N) is 1. The van der Waals surface area contributed by atoms with Crippen LogP contribution in [0.1, 0.15) is 65.3 Å². The molecule has 112 valence electrons. The first-order valence-corrected chi connectivity index (χ1v) is 7.52. The zero-order chi connectivity index (χ0) is 15.1. The minimum Gasteiger partial charge on any atom is -0.383 e. The molecule has 0 amide bonds. The molecular weight excluding hydrogens is 248 g/mol. The summed E-state index contributed by atoms with van der Waals surface area (Å²) in [4.78, 5) is 9.17. The van der Waals surface area contributed by atoms with Gasteiger partial charge in [0.05, 0.1) is 0 Å². The summed E-state index contributed by atoms with van der Waals surface area (Å²) in [6, 6.07) is 0.461. The van der Waals surface area contributed by atoms with E-state index in [1.54, 1.807) is 0 Å². The van der Waals surface area contributed by atoms with E-state index in [9.17, 15) is 0 Å². The molecule has 0 spiro atoms. The summed E-state index contributed by atoms with van der Waals surface area (Å²) in [5.41, 5.74) is 7.25. The molecule has 1 aliphatic carbocycles. The number of aromatic nitrogens is 2. The van der Waals surface area contributed by atoms with Crippen LogP contribution in [0.2, 0.25) is 0 Å². The molecule has 1 saturated carbocycles. The summed E-state index contributed by atoms with van der Waals surface area (Å²) in [6.45, 7) is 13.0. The van der Waals surface area contributed by atoms with E-state index in [-0.39, 0.29) is 5.41 Å². The van der Waals surface area contributed by atoms with E-state index in [4.69, 9.17) is 10.7 Å². The van der Waals surface area contributed by atoms with E-state index in [0.29, 0.717) is 17.3 Å². The maximum Gasteiger partial charge on any atom is 0.138 e. The first-order valence-electron chi connectivity index (χ1n) is 7.52. The van der Waals surface area contributed by atoms with Crippen molar-refractivity contribution in [3.05, 3.63) is 11.4 Å². The van der Waals surface area contributed by atoms with Gasteiger partial charge in [-0.25, -0.2) is 9.97 Å². The van der Waals surface area contributed by atoms with Crippen LogP contribution in [0.4, 0.5) is 11.6 Å². The van der Waals surface area contributed by atoms with Crippen LogP contribution in [0.25, 0.3) is 0 Å². The van der Waals surface area contributed by atoms with Crippen LogP contribution in [0.3, 0.4) is 0 Å². The fourth-order valence-electron chi connectivity index (χ4n) is 2.77. The van der Waals surface area contributed by atoms with Crippen molar-refractivity contribution in [1.82, 2.24) is 9.97 Å². The summed E-state index contributed by atoms with van der Waals surface area (Å²) >= 11 is 0. The molecule has 1 fully saturated rings. The molecule has 4 nitrogen and oxygen atoms in total. The number of nitrogens with two attached hydrogens (primary N) is 1. The van der Waals surface area contributed by atoms with Crippen LogP contribution in [-0.2, 0) is 5.41 Å². The molecule has 0 aromatic carbocycles. The van der Waals surface area contributed by atoms with Gasteiger partial charge in [0.2, 0.25) is 0 Å². The third kappa shape index (κ3) is 2.89. The molecule has 0 saturated heterocycles. The molecule has 1 aromatic rings. The Kier molecular flexibility index (Phi) is 3.69. The Morgan fingerprint density at radius 2 is 1.90 bits per heavy atom.